The molecular formula is C32H22ClSi. The van der Waals surface area contributed by atoms with E-state index >= 15 is 0 Å². The first-order valence-corrected chi connectivity index (χ1v) is 13.4. The normalized spacial score (nSPS) is 11.4. The van der Waals surface area contributed by atoms with Crippen molar-refractivity contribution in [2.24, 2.45) is 0 Å². The number of rotatable bonds is 4. The molecule has 0 N–H and O–H groups in total. The molecule has 161 valence electrons. The number of benzene rings is 6. The smallest absolute Gasteiger partial charge is 0.0843 e. The van der Waals surface area contributed by atoms with Gasteiger partial charge in [0, 0.05) is 5.02 Å². The van der Waals surface area contributed by atoms with Crippen LogP contribution < -0.4 is 15.6 Å². The molecule has 0 aliphatic rings. The van der Waals surface area contributed by atoms with Gasteiger partial charge in [-0.1, -0.05) is 143 Å². The molecule has 6 aromatic rings. The fraction of sp³-hybridized carbons (Fsp3) is 0. The molecule has 0 aromatic heterocycles. The van der Waals surface area contributed by atoms with Crippen molar-refractivity contribution in [3.63, 3.8) is 0 Å². The third kappa shape index (κ3) is 3.64. The first-order chi connectivity index (χ1) is 16.8. The van der Waals surface area contributed by atoms with Crippen LogP contribution in [0.2, 0.25) is 5.02 Å². The first kappa shape index (κ1) is 20.9. The lowest BCUT2D eigenvalue weighted by Crippen LogP contribution is -2.53. The minimum Gasteiger partial charge on any atom is -0.0843 e. The molecule has 0 aliphatic carbocycles. The van der Waals surface area contributed by atoms with Crippen LogP contribution in [0.4, 0.5) is 0 Å². The standard InChI is InChI=1S/C32H22ClSi/c33-24-21-19-23(20-22-24)31-29-17-9-7-15-27(29)28-16-8-10-18-30(28)32(31)34(25-11-3-1-4-12-25)26-13-5-2-6-14-26/h1-22H. The second-order valence-electron chi connectivity index (χ2n) is 8.46. The van der Waals surface area contributed by atoms with E-state index in [0.29, 0.717) is 0 Å². The van der Waals surface area contributed by atoms with E-state index < -0.39 is 8.80 Å². The SMILES string of the molecule is Clc1ccc(-c2c([Si](c3ccccc3)c3ccccc3)c3ccccc3c3ccccc23)cc1. The Morgan fingerprint density at radius 2 is 0.853 bits per heavy atom. The van der Waals surface area contributed by atoms with E-state index in [-0.39, 0.29) is 0 Å². The molecule has 2 heteroatoms. The molecule has 0 unspecified atom stereocenters. The maximum Gasteiger partial charge on any atom is 0.156 e. The molecule has 0 spiro atoms. The van der Waals surface area contributed by atoms with Crippen molar-refractivity contribution in [3.05, 3.63) is 138 Å². The molecule has 34 heavy (non-hydrogen) atoms. The van der Waals surface area contributed by atoms with Gasteiger partial charge in [-0.15, -0.1) is 0 Å². The second kappa shape index (κ2) is 8.94. The molecule has 0 heterocycles. The Balaban J connectivity index is 1.82. The van der Waals surface area contributed by atoms with Gasteiger partial charge in [0.15, 0.2) is 8.80 Å². The van der Waals surface area contributed by atoms with Crippen LogP contribution in [0.25, 0.3) is 32.7 Å². The summed E-state index contributed by atoms with van der Waals surface area (Å²) in [4.78, 5) is 0. The maximum atomic E-state index is 6.31. The van der Waals surface area contributed by atoms with Crippen molar-refractivity contribution < 1.29 is 0 Å². The Morgan fingerprint density at radius 3 is 1.41 bits per heavy atom. The van der Waals surface area contributed by atoms with Gasteiger partial charge in [-0.3, -0.25) is 0 Å². The average molecular weight is 470 g/mol. The third-order valence-corrected chi connectivity index (χ3v) is 9.53. The fourth-order valence-corrected chi connectivity index (χ4v) is 8.09. The van der Waals surface area contributed by atoms with E-state index in [9.17, 15) is 0 Å². The number of fused-ring (bicyclic) bond motifs is 3. The van der Waals surface area contributed by atoms with E-state index in [4.69, 9.17) is 11.6 Å². The highest BCUT2D eigenvalue weighted by molar-refractivity contribution is 6.98. The van der Waals surface area contributed by atoms with E-state index in [0.717, 1.165) is 5.02 Å². The first-order valence-electron chi connectivity index (χ1n) is 11.5. The van der Waals surface area contributed by atoms with Gasteiger partial charge in [-0.05, 0) is 50.0 Å². The van der Waals surface area contributed by atoms with E-state index in [1.165, 1.54) is 48.2 Å². The molecule has 0 nitrogen and oxygen atoms in total. The highest BCUT2D eigenvalue weighted by atomic mass is 35.5. The van der Waals surface area contributed by atoms with Gasteiger partial charge in [-0.2, -0.15) is 0 Å². The second-order valence-corrected chi connectivity index (χ2v) is 11.3. The van der Waals surface area contributed by atoms with Crippen LogP contribution in [0, 0.1) is 0 Å². The fourth-order valence-electron chi connectivity index (χ4n) is 4.98. The van der Waals surface area contributed by atoms with Crippen molar-refractivity contribution in [3.8, 4) is 11.1 Å². The highest BCUT2D eigenvalue weighted by Crippen LogP contribution is 2.34. The Morgan fingerprint density at radius 1 is 0.412 bits per heavy atom. The predicted octanol–water partition coefficient (Wildman–Crippen LogP) is 6.83. The summed E-state index contributed by atoms with van der Waals surface area (Å²) < 4.78 is 0. The lowest BCUT2D eigenvalue weighted by molar-refractivity contribution is 1.67. The summed E-state index contributed by atoms with van der Waals surface area (Å²) in [6.45, 7) is 0. The monoisotopic (exact) mass is 469 g/mol. The molecule has 0 aliphatic heterocycles. The Kier molecular flexibility index (Phi) is 5.50. The van der Waals surface area contributed by atoms with Crippen molar-refractivity contribution in [2.75, 3.05) is 0 Å². The Bertz CT molecular complexity index is 1550. The van der Waals surface area contributed by atoms with Gasteiger partial charge in [0.05, 0.1) is 0 Å². The van der Waals surface area contributed by atoms with Crippen LogP contribution in [0.15, 0.2) is 133 Å². The molecule has 0 atom stereocenters. The van der Waals surface area contributed by atoms with Gasteiger partial charge in [0.25, 0.3) is 0 Å². The minimum atomic E-state index is -1.31. The molecule has 6 rings (SSSR count). The van der Waals surface area contributed by atoms with Crippen molar-refractivity contribution >= 4 is 57.5 Å². The third-order valence-electron chi connectivity index (χ3n) is 6.44. The Hall–Kier alpha value is -3.65. The van der Waals surface area contributed by atoms with E-state index in [1.54, 1.807) is 0 Å². The van der Waals surface area contributed by atoms with Gasteiger partial charge in [0.1, 0.15) is 0 Å². The van der Waals surface area contributed by atoms with Crippen molar-refractivity contribution in [1.29, 1.82) is 0 Å². The largest absolute Gasteiger partial charge is 0.156 e. The topological polar surface area (TPSA) is 0 Å². The van der Waals surface area contributed by atoms with Crippen LogP contribution in [-0.4, -0.2) is 8.80 Å². The zero-order valence-electron chi connectivity index (χ0n) is 18.6. The summed E-state index contributed by atoms with van der Waals surface area (Å²) in [6.07, 6.45) is 0. The molecule has 0 bridgehead atoms. The number of hydrogen-bond acceptors (Lipinski definition) is 0. The van der Waals surface area contributed by atoms with Crippen LogP contribution in [0.1, 0.15) is 0 Å². The molecule has 1 radical (unpaired) electrons. The molecule has 0 saturated carbocycles. The quantitative estimate of drug-likeness (QED) is 0.151. The predicted molar refractivity (Wildman–Crippen MR) is 149 cm³/mol. The molecule has 0 fully saturated rings. The van der Waals surface area contributed by atoms with Crippen LogP contribution in [-0.2, 0) is 0 Å². The van der Waals surface area contributed by atoms with E-state index in [2.05, 4.69) is 121 Å². The Labute approximate surface area is 206 Å². The van der Waals surface area contributed by atoms with Crippen LogP contribution in [0.5, 0.6) is 0 Å². The number of hydrogen-bond donors (Lipinski definition) is 0. The van der Waals surface area contributed by atoms with E-state index in [1.807, 2.05) is 12.1 Å². The lowest BCUT2D eigenvalue weighted by Gasteiger charge is -2.25. The van der Waals surface area contributed by atoms with Crippen LogP contribution in [0.3, 0.4) is 0 Å². The zero-order valence-corrected chi connectivity index (χ0v) is 20.3. The van der Waals surface area contributed by atoms with Crippen molar-refractivity contribution in [1.82, 2.24) is 0 Å². The zero-order chi connectivity index (χ0) is 22.9. The average Bonchev–Trinajstić information content (AvgIpc) is 2.91. The van der Waals surface area contributed by atoms with Gasteiger partial charge in [-0.25, -0.2) is 0 Å². The summed E-state index contributed by atoms with van der Waals surface area (Å²) in [5, 5.41) is 10.2. The summed E-state index contributed by atoms with van der Waals surface area (Å²) in [7, 11) is -1.31. The van der Waals surface area contributed by atoms with Crippen molar-refractivity contribution in [2.45, 2.75) is 0 Å². The molecule has 0 amide bonds. The van der Waals surface area contributed by atoms with Gasteiger partial charge >= 0.3 is 0 Å². The van der Waals surface area contributed by atoms with Gasteiger partial charge < -0.3 is 0 Å². The van der Waals surface area contributed by atoms with Crippen LogP contribution >= 0.6 is 11.6 Å². The molecule has 6 aromatic carbocycles. The summed E-state index contributed by atoms with van der Waals surface area (Å²) in [5.41, 5.74) is 2.52. The van der Waals surface area contributed by atoms with Gasteiger partial charge in [0.2, 0.25) is 0 Å². The summed E-state index contributed by atoms with van der Waals surface area (Å²) >= 11 is 6.31. The molecule has 0 saturated heterocycles. The minimum absolute atomic E-state index is 0.757. The lowest BCUT2D eigenvalue weighted by atomic mass is 9.93. The summed E-state index contributed by atoms with van der Waals surface area (Å²) in [6, 6.07) is 48.0. The highest BCUT2D eigenvalue weighted by Gasteiger charge is 2.27. The molecular weight excluding hydrogens is 448 g/mol. The number of halogens is 1. The maximum absolute atomic E-state index is 6.31. The summed E-state index contributed by atoms with van der Waals surface area (Å²) in [5.74, 6) is 0.